The number of benzene rings is 2. The van der Waals surface area contributed by atoms with Gasteiger partial charge in [0.25, 0.3) is 5.91 Å². The van der Waals surface area contributed by atoms with Crippen LogP contribution in [0.25, 0.3) is 0 Å². The molecule has 2 aromatic rings. The van der Waals surface area contributed by atoms with E-state index < -0.39 is 5.97 Å². The molecule has 1 aliphatic heterocycles. The fourth-order valence-corrected chi connectivity index (χ4v) is 3.04. The van der Waals surface area contributed by atoms with E-state index in [2.05, 4.69) is 5.32 Å². The van der Waals surface area contributed by atoms with Crippen LogP contribution in [0.5, 0.6) is 5.75 Å². The first-order valence-electron chi connectivity index (χ1n) is 8.29. The Morgan fingerprint density at radius 1 is 1.27 bits per heavy atom. The molecule has 0 radical (unpaired) electrons. The highest BCUT2D eigenvalue weighted by molar-refractivity contribution is 6.04. The van der Waals surface area contributed by atoms with E-state index in [4.69, 9.17) is 15.1 Å². The lowest BCUT2D eigenvalue weighted by atomic mass is 9.88. The summed E-state index contributed by atoms with van der Waals surface area (Å²) in [6, 6.07) is 13.7. The lowest BCUT2D eigenvalue weighted by Gasteiger charge is -2.31. The number of ether oxygens (including phenoxy) is 1. The molecule has 6 nitrogen and oxygen atoms in total. The normalized spacial score (nSPS) is 18.2. The topological polar surface area (TPSA) is 99.4 Å². The average molecular weight is 350 g/mol. The minimum Gasteiger partial charge on any atom is -0.490 e. The Morgan fingerprint density at radius 3 is 2.65 bits per heavy atom. The lowest BCUT2D eigenvalue weighted by Crippen LogP contribution is -2.32. The van der Waals surface area contributed by atoms with E-state index in [9.17, 15) is 9.59 Å². The van der Waals surface area contributed by atoms with E-state index in [1.165, 1.54) is 0 Å². The lowest BCUT2D eigenvalue weighted by molar-refractivity contribution is -0.139. The molecule has 1 aliphatic rings. The zero-order chi connectivity index (χ0) is 18.7. The van der Waals surface area contributed by atoms with Crippen molar-refractivity contribution in [2.24, 2.45) is 5.92 Å². The number of nitriles is 1. The van der Waals surface area contributed by atoms with Crippen LogP contribution in [0.2, 0.25) is 0 Å². The van der Waals surface area contributed by atoms with Crippen LogP contribution in [-0.2, 0) is 11.2 Å². The zero-order valence-electron chi connectivity index (χ0n) is 14.2. The summed E-state index contributed by atoms with van der Waals surface area (Å²) in [5, 5.41) is 20.7. The van der Waals surface area contributed by atoms with Crippen molar-refractivity contribution < 1.29 is 19.4 Å². The number of nitrogens with zero attached hydrogens (tertiary/aromatic N) is 1. The molecule has 1 heterocycles. The number of carbonyl (C=O) groups is 2. The van der Waals surface area contributed by atoms with Crippen LogP contribution < -0.4 is 10.1 Å². The van der Waals surface area contributed by atoms with Crippen LogP contribution >= 0.6 is 0 Å². The Bertz CT molecular complexity index is 884. The second-order valence-electron chi connectivity index (χ2n) is 6.35. The number of nitrogens with one attached hydrogen (secondary N) is 1. The molecule has 2 unspecified atom stereocenters. The quantitative estimate of drug-likeness (QED) is 0.882. The number of aliphatic carboxylic acids is 1. The van der Waals surface area contributed by atoms with Gasteiger partial charge in [0.05, 0.1) is 24.2 Å². The Hall–Kier alpha value is -3.33. The molecule has 0 saturated carbocycles. The van der Waals surface area contributed by atoms with Crippen LogP contribution in [-0.4, -0.2) is 23.1 Å². The van der Waals surface area contributed by atoms with Gasteiger partial charge in [0.15, 0.2) is 0 Å². The molecule has 6 heteroatoms. The average Bonchev–Trinajstić information content (AvgIpc) is 2.62. The number of carboxylic acids is 1. The van der Waals surface area contributed by atoms with Gasteiger partial charge in [-0.05, 0) is 61.4 Å². The minimum absolute atomic E-state index is 0.0441. The van der Waals surface area contributed by atoms with Crippen molar-refractivity contribution in [2.45, 2.75) is 25.9 Å². The van der Waals surface area contributed by atoms with Crippen LogP contribution in [0.3, 0.4) is 0 Å². The summed E-state index contributed by atoms with van der Waals surface area (Å²) in [7, 11) is 0. The first-order chi connectivity index (χ1) is 12.5. The molecule has 2 atom stereocenters. The van der Waals surface area contributed by atoms with Gasteiger partial charge in [-0.25, -0.2) is 0 Å². The molecular weight excluding hydrogens is 332 g/mol. The van der Waals surface area contributed by atoms with Crippen molar-refractivity contribution in [3.8, 4) is 11.8 Å². The molecule has 0 fully saturated rings. The van der Waals surface area contributed by atoms with Gasteiger partial charge in [-0.3, -0.25) is 9.59 Å². The van der Waals surface area contributed by atoms with E-state index >= 15 is 0 Å². The Kier molecular flexibility index (Phi) is 4.90. The van der Waals surface area contributed by atoms with Crippen molar-refractivity contribution in [3.63, 3.8) is 0 Å². The predicted octanol–water partition coefficient (Wildman–Crippen LogP) is 3.22. The molecule has 3 rings (SSSR count). The number of fused-ring (bicyclic) bond motifs is 1. The predicted molar refractivity (Wildman–Crippen MR) is 95.1 cm³/mol. The van der Waals surface area contributed by atoms with Crippen molar-refractivity contribution in [1.29, 1.82) is 5.26 Å². The number of carbonyl (C=O) groups excluding carboxylic acids is 1. The molecule has 0 bridgehead atoms. The molecule has 0 aromatic heterocycles. The van der Waals surface area contributed by atoms with Gasteiger partial charge >= 0.3 is 5.97 Å². The first kappa shape index (κ1) is 17.5. The van der Waals surface area contributed by atoms with E-state index in [0.717, 1.165) is 11.3 Å². The van der Waals surface area contributed by atoms with Crippen molar-refractivity contribution in [1.82, 2.24) is 0 Å². The van der Waals surface area contributed by atoms with Gasteiger partial charge in [-0.1, -0.05) is 0 Å². The first-order valence-corrected chi connectivity index (χ1v) is 8.29. The number of carboxylic acid groups (broad SMARTS) is 1. The molecule has 132 valence electrons. The van der Waals surface area contributed by atoms with E-state index in [-0.39, 0.29) is 24.3 Å². The Labute approximate surface area is 151 Å². The van der Waals surface area contributed by atoms with Gasteiger partial charge in [0.2, 0.25) is 0 Å². The van der Waals surface area contributed by atoms with E-state index in [1.807, 2.05) is 19.1 Å². The molecule has 2 N–H and O–H groups in total. The maximum atomic E-state index is 12.3. The number of amides is 1. The van der Waals surface area contributed by atoms with Crippen LogP contribution in [0, 0.1) is 17.2 Å². The number of anilines is 1. The largest absolute Gasteiger partial charge is 0.490 e. The van der Waals surface area contributed by atoms with Crippen LogP contribution in [0.15, 0.2) is 42.5 Å². The highest BCUT2D eigenvalue weighted by Crippen LogP contribution is 2.34. The van der Waals surface area contributed by atoms with Crippen molar-refractivity contribution in [3.05, 3.63) is 59.2 Å². The minimum atomic E-state index is -0.848. The Balaban J connectivity index is 1.75. The summed E-state index contributed by atoms with van der Waals surface area (Å²) in [4.78, 5) is 23.3. The highest BCUT2D eigenvalue weighted by Gasteiger charge is 2.28. The second-order valence-corrected chi connectivity index (χ2v) is 6.35. The SMILES string of the molecule is CC1Oc2ccc(NC(=O)c3ccc(C#N)cc3)cc2CC1CC(=O)O. The van der Waals surface area contributed by atoms with Crippen LogP contribution in [0.1, 0.15) is 34.8 Å². The fraction of sp³-hybridized carbons (Fsp3) is 0.250. The summed E-state index contributed by atoms with van der Waals surface area (Å²) >= 11 is 0. The summed E-state index contributed by atoms with van der Waals surface area (Å²) in [5.74, 6) is -0.513. The standard InChI is InChI=1S/C20H18N2O4/c1-12-15(10-19(23)24)8-16-9-17(6-7-18(16)26-12)22-20(25)14-4-2-13(11-21)3-5-14/h2-7,9,12,15H,8,10H2,1H3,(H,22,25)(H,23,24). The Morgan fingerprint density at radius 2 is 2.00 bits per heavy atom. The maximum absolute atomic E-state index is 12.3. The molecule has 26 heavy (non-hydrogen) atoms. The third-order valence-electron chi connectivity index (χ3n) is 4.49. The second kappa shape index (κ2) is 7.28. The van der Waals surface area contributed by atoms with Crippen molar-refractivity contribution >= 4 is 17.6 Å². The molecule has 0 spiro atoms. The molecule has 2 aromatic carbocycles. The molecular formula is C20H18N2O4. The third-order valence-corrected chi connectivity index (χ3v) is 4.49. The van der Waals surface area contributed by atoms with Gasteiger partial charge in [0, 0.05) is 17.2 Å². The van der Waals surface area contributed by atoms with Gasteiger partial charge < -0.3 is 15.2 Å². The van der Waals surface area contributed by atoms with Gasteiger partial charge in [0.1, 0.15) is 5.75 Å². The molecule has 1 amide bonds. The number of hydrogen-bond donors (Lipinski definition) is 2. The smallest absolute Gasteiger partial charge is 0.303 e. The fourth-order valence-electron chi connectivity index (χ4n) is 3.04. The van der Waals surface area contributed by atoms with Gasteiger partial charge in [-0.15, -0.1) is 0 Å². The van der Waals surface area contributed by atoms with Crippen molar-refractivity contribution in [2.75, 3.05) is 5.32 Å². The monoisotopic (exact) mass is 350 g/mol. The summed E-state index contributed by atoms with van der Waals surface area (Å²) in [6.07, 6.45) is 0.462. The number of hydrogen-bond acceptors (Lipinski definition) is 4. The summed E-state index contributed by atoms with van der Waals surface area (Å²) < 4.78 is 5.81. The summed E-state index contributed by atoms with van der Waals surface area (Å²) in [5.41, 5.74) is 2.44. The zero-order valence-corrected chi connectivity index (χ0v) is 14.2. The number of rotatable bonds is 4. The maximum Gasteiger partial charge on any atom is 0.303 e. The van der Waals surface area contributed by atoms with Crippen LogP contribution in [0.4, 0.5) is 5.69 Å². The van der Waals surface area contributed by atoms with E-state index in [0.29, 0.717) is 23.2 Å². The van der Waals surface area contributed by atoms with Gasteiger partial charge in [-0.2, -0.15) is 5.26 Å². The molecule has 0 aliphatic carbocycles. The summed E-state index contributed by atoms with van der Waals surface area (Å²) in [6.45, 7) is 1.87. The third kappa shape index (κ3) is 3.83. The highest BCUT2D eigenvalue weighted by atomic mass is 16.5. The van der Waals surface area contributed by atoms with E-state index in [1.54, 1.807) is 36.4 Å². The molecule has 0 saturated heterocycles.